The first-order valence-corrected chi connectivity index (χ1v) is 8.37. The summed E-state index contributed by atoms with van der Waals surface area (Å²) in [4.78, 5) is 18.9. The van der Waals surface area contributed by atoms with Crippen LogP contribution in [-0.4, -0.2) is 38.7 Å². The van der Waals surface area contributed by atoms with E-state index < -0.39 is 5.95 Å². The molecule has 23 heavy (non-hydrogen) atoms. The Morgan fingerprint density at radius 1 is 1.39 bits per heavy atom. The van der Waals surface area contributed by atoms with Crippen LogP contribution >= 0.6 is 22.9 Å². The SMILES string of the molecule is O=C(Cn1nc(F)c2ncc(-c3ccc(Cl)s3)cc21)N1CCC1. The largest absolute Gasteiger partial charge is 0.341 e. The van der Waals surface area contributed by atoms with Crippen LogP contribution in [0.5, 0.6) is 0 Å². The van der Waals surface area contributed by atoms with Gasteiger partial charge in [0.15, 0.2) is 0 Å². The second-order valence-electron chi connectivity index (χ2n) is 5.38. The van der Waals surface area contributed by atoms with E-state index in [1.807, 2.05) is 6.07 Å². The molecule has 0 saturated carbocycles. The highest BCUT2D eigenvalue weighted by molar-refractivity contribution is 7.19. The Morgan fingerprint density at radius 2 is 2.22 bits per heavy atom. The van der Waals surface area contributed by atoms with Gasteiger partial charge < -0.3 is 4.90 Å². The Kier molecular flexibility index (Phi) is 3.54. The van der Waals surface area contributed by atoms with Crippen molar-refractivity contribution in [1.82, 2.24) is 19.7 Å². The number of likely N-dealkylation sites (tertiary alicyclic amines) is 1. The second kappa shape index (κ2) is 5.58. The average Bonchev–Trinajstić information content (AvgIpc) is 3.02. The molecule has 0 aromatic carbocycles. The molecule has 5 nitrogen and oxygen atoms in total. The highest BCUT2D eigenvalue weighted by Crippen LogP contribution is 2.32. The zero-order valence-corrected chi connectivity index (χ0v) is 13.6. The van der Waals surface area contributed by atoms with E-state index >= 15 is 0 Å². The van der Waals surface area contributed by atoms with Crippen LogP contribution in [0.3, 0.4) is 0 Å². The molecule has 0 atom stereocenters. The van der Waals surface area contributed by atoms with E-state index in [0.717, 1.165) is 30.0 Å². The van der Waals surface area contributed by atoms with Gasteiger partial charge in [0.2, 0.25) is 5.91 Å². The van der Waals surface area contributed by atoms with Gasteiger partial charge in [-0.2, -0.15) is 4.39 Å². The number of carbonyl (C=O) groups excluding carboxylic acids is 1. The molecule has 0 unspecified atom stereocenters. The lowest BCUT2D eigenvalue weighted by atomic mass is 10.2. The number of pyridine rings is 1. The number of halogens is 2. The maximum absolute atomic E-state index is 14.0. The fraction of sp³-hybridized carbons (Fsp3) is 0.267. The van der Waals surface area contributed by atoms with Crippen LogP contribution in [0.4, 0.5) is 4.39 Å². The number of aromatic nitrogens is 3. The van der Waals surface area contributed by atoms with Crippen LogP contribution in [0.25, 0.3) is 21.5 Å². The summed E-state index contributed by atoms with van der Waals surface area (Å²) in [5.74, 6) is -0.711. The zero-order valence-electron chi connectivity index (χ0n) is 12.0. The molecule has 4 heterocycles. The van der Waals surface area contributed by atoms with Crippen molar-refractivity contribution in [2.75, 3.05) is 13.1 Å². The summed E-state index contributed by atoms with van der Waals surface area (Å²) >= 11 is 7.38. The van der Waals surface area contributed by atoms with Gasteiger partial charge in [-0.3, -0.25) is 9.48 Å². The number of amides is 1. The molecule has 1 amide bonds. The third-order valence-electron chi connectivity index (χ3n) is 3.90. The van der Waals surface area contributed by atoms with Gasteiger partial charge in [-0.25, -0.2) is 4.98 Å². The second-order valence-corrected chi connectivity index (χ2v) is 7.09. The maximum atomic E-state index is 14.0. The van der Waals surface area contributed by atoms with Crippen molar-refractivity contribution in [2.45, 2.75) is 13.0 Å². The van der Waals surface area contributed by atoms with Crippen molar-refractivity contribution < 1.29 is 9.18 Å². The summed E-state index contributed by atoms with van der Waals surface area (Å²) in [5, 5.41) is 3.83. The van der Waals surface area contributed by atoms with Crippen molar-refractivity contribution in [3.05, 3.63) is 34.7 Å². The fourth-order valence-electron chi connectivity index (χ4n) is 2.53. The third kappa shape index (κ3) is 2.60. The molecule has 0 spiro atoms. The summed E-state index contributed by atoms with van der Waals surface area (Å²) in [7, 11) is 0. The number of thiophene rings is 1. The molecule has 0 bridgehead atoms. The summed E-state index contributed by atoms with van der Waals surface area (Å²) < 4.78 is 16.0. The van der Waals surface area contributed by atoms with Crippen LogP contribution in [-0.2, 0) is 11.3 Å². The van der Waals surface area contributed by atoms with E-state index in [-0.39, 0.29) is 18.0 Å². The van der Waals surface area contributed by atoms with Gasteiger partial charge >= 0.3 is 0 Å². The highest BCUT2D eigenvalue weighted by Gasteiger charge is 2.22. The van der Waals surface area contributed by atoms with Gasteiger partial charge in [0.25, 0.3) is 5.95 Å². The van der Waals surface area contributed by atoms with Crippen LogP contribution in [0.15, 0.2) is 24.4 Å². The van der Waals surface area contributed by atoms with E-state index in [0.29, 0.717) is 9.85 Å². The molecular formula is C15H12ClFN4OS. The average molecular weight is 351 g/mol. The molecule has 1 saturated heterocycles. The van der Waals surface area contributed by atoms with Crippen LogP contribution in [0.1, 0.15) is 6.42 Å². The van der Waals surface area contributed by atoms with Crippen molar-refractivity contribution in [3.8, 4) is 10.4 Å². The zero-order chi connectivity index (χ0) is 16.0. The van der Waals surface area contributed by atoms with E-state index in [4.69, 9.17) is 11.6 Å². The number of rotatable bonds is 3. The molecule has 8 heteroatoms. The summed E-state index contributed by atoms with van der Waals surface area (Å²) in [6.45, 7) is 1.55. The Morgan fingerprint density at radius 3 is 2.87 bits per heavy atom. The standard InChI is InChI=1S/C15H12ClFN4OS/c16-12-3-2-11(23-12)9-6-10-14(18-7-9)15(17)19-21(10)8-13(22)20-4-1-5-20/h2-3,6-7H,1,4-5,8H2. The minimum Gasteiger partial charge on any atom is -0.341 e. The monoisotopic (exact) mass is 350 g/mol. The molecule has 1 fully saturated rings. The van der Waals surface area contributed by atoms with Crippen LogP contribution < -0.4 is 0 Å². The van der Waals surface area contributed by atoms with Crippen molar-refractivity contribution >= 4 is 39.9 Å². The fourth-order valence-corrected chi connectivity index (χ4v) is 3.56. The quantitative estimate of drug-likeness (QED) is 0.729. The molecule has 0 N–H and O–H groups in total. The van der Waals surface area contributed by atoms with Crippen molar-refractivity contribution in [1.29, 1.82) is 0 Å². The van der Waals surface area contributed by atoms with Crippen molar-refractivity contribution in [3.63, 3.8) is 0 Å². The minimum absolute atomic E-state index is 0.0246. The van der Waals surface area contributed by atoms with Crippen molar-refractivity contribution in [2.24, 2.45) is 0 Å². The molecule has 3 aromatic heterocycles. The lowest BCUT2D eigenvalue weighted by Gasteiger charge is -2.30. The van der Waals surface area contributed by atoms with E-state index in [1.54, 1.807) is 23.2 Å². The molecule has 0 aliphatic carbocycles. The smallest absolute Gasteiger partial charge is 0.258 e. The normalized spacial score (nSPS) is 14.3. The lowest BCUT2D eigenvalue weighted by molar-refractivity contribution is -0.135. The van der Waals surface area contributed by atoms with Crippen LogP contribution in [0, 0.1) is 5.95 Å². The first-order valence-electron chi connectivity index (χ1n) is 7.17. The van der Waals surface area contributed by atoms with E-state index in [1.165, 1.54) is 16.0 Å². The topological polar surface area (TPSA) is 51.0 Å². The molecule has 1 aliphatic rings. The molecule has 118 valence electrons. The minimum atomic E-state index is -0.660. The number of fused-ring (bicyclic) bond motifs is 1. The third-order valence-corrected chi connectivity index (χ3v) is 5.18. The highest BCUT2D eigenvalue weighted by atomic mass is 35.5. The first kappa shape index (κ1) is 14.6. The number of carbonyl (C=O) groups is 1. The van der Waals surface area contributed by atoms with Crippen LogP contribution in [0.2, 0.25) is 4.34 Å². The number of nitrogens with zero attached hydrogens (tertiary/aromatic N) is 4. The maximum Gasteiger partial charge on any atom is 0.258 e. The predicted octanol–water partition coefficient (Wildman–Crippen LogP) is 3.18. The Balaban J connectivity index is 1.73. The molecular weight excluding hydrogens is 339 g/mol. The van der Waals surface area contributed by atoms with Gasteiger partial charge in [0.1, 0.15) is 12.1 Å². The van der Waals surface area contributed by atoms with Gasteiger partial charge in [-0.15, -0.1) is 16.4 Å². The van der Waals surface area contributed by atoms with E-state index in [2.05, 4.69) is 10.1 Å². The number of hydrogen-bond donors (Lipinski definition) is 0. The van der Waals surface area contributed by atoms with E-state index in [9.17, 15) is 9.18 Å². The Bertz CT molecular complexity index is 902. The molecule has 3 aromatic rings. The van der Waals surface area contributed by atoms with Gasteiger partial charge in [-0.1, -0.05) is 11.6 Å². The summed E-state index contributed by atoms with van der Waals surface area (Å²) in [5.41, 5.74) is 1.51. The van der Waals surface area contributed by atoms with Gasteiger partial charge in [0, 0.05) is 29.7 Å². The molecule has 1 aliphatic heterocycles. The Hall–Kier alpha value is -1.99. The predicted molar refractivity (Wildman–Crippen MR) is 87.0 cm³/mol. The first-order chi connectivity index (χ1) is 11.1. The number of hydrogen-bond acceptors (Lipinski definition) is 4. The molecule has 4 rings (SSSR count). The summed E-state index contributed by atoms with van der Waals surface area (Å²) in [6, 6.07) is 5.49. The lowest BCUT2D eigenvalue weighted by Crippen LogP contribution is -2.43. The summed E-state index contributed by atoms with van der Waals surface area (Å²) in [6.07, 6.45) is 2.61. The Labute approximate surface area is 140 Å². The van der Waals surface area contributed by atoms with Gasteiger partial charge in [-0.05, 0) is 24.6 Å². The van der Waals surface area contributed by atoms with Gasteiger partial charge in [0.05, 0.1) is 9.85 Å². The molecule has 0 radical (unpaired) electrons.